The smallest absolute Gasteiger partial charge is 0.238 e. The number of hydrogen-bond donors (Lipinski definition) is 2. The summed E-state index contributed by atoms with van der Waals surface area (Å²) in [6, 6.07) is 8.48. The maximum atomic E-state index is 12.5. The second kappa shape index (κ2) is 8.13. The minimum atomic E-state index is -0.00154. The molecule has 1 fully saturated rings. The number of anilines is 1. The number of aliphatic hydroxyl groups excluding tert-OH is 1. The molecule has 2 N–H and O–H groups in total. The molecule has 0 atom stereocenters. The molecule has 4 heteroatoms. The van der Waals surface area contributed by atoms with Crippen molar-refractivity contribution in [1.29, 1.82) is 0 Å². The summed E-state index contributed by atoms with van der Waals surface area (Å²) in [6.45, 7) is 7.17. The van der Waals surface area contributed by atoms with Crippen LogP contribution in [0.4, 0.5) is 5.69 Å². The molecule has 1 aromatic carbocycles. The van der Waals surface area contributed by atoms with Crippen molar-refractivity contribution in [2.24, 2.45) is 5.92 Å². The van der Waals surface area contributed by atoms with Gasteiger partial charge in [0.15, 0.2) is 0 Å². The lowest BCUT2D eigenvalue weighted by Gasteiger charge is -2.33. The first-order valence-corrected chi connectivity index (χ1v) is 9.01. The van der Waals surface area contributed by atoms with Crippen molar-refractivity contribution in [2.45, 2.75) is 57.9 Å². The minimum absolute atomic E-state index is 0.00154. The summed E-state index contributed by atoms with van der Waals surface area (Å²) < 4.78 is 0. The van der Waals surface area contributed by atoms with Crippen LogP contribution in [-0.2, 0) is 10.2 Å². The Kier molecular flexibility index (Phi) is 6.41. The van der Waals surface area contributed by atoms with E-state index in [0.717, 1.165) is 36.9 Å². The average molecular weight is 332 g/mol. The number of benzene rings is 1. The summed E-state index contributed by atoms with van der Waals surface area (Å²) in [6.07, 6.45) is 4.24. The number of para-hydroxylation sites is 1. The number of carbonyl (C=O) groups excluding carboxylic acids is 1. The van der Waals surface area contributed by atoms with Crippen LogP contribution in [-0.4, -0.2) is 42.2 Å². The van der Waals surface area contributed by atoms with Crippen LogP contribution in [0, 0.1) is 5.92 Å². The van der Waals surface area contributed by atoms with Gasteiger partial charge in [0.05, 0.1) is 6.54 Å². The van der Waals surface area contributed by atoms with E-state index in [1.165, 1.54) is 0 Å². The second-order valence-corrected chi connectivity index (χ2v) is 8.12. The Hall–Kier alpha value is -1.39. The third kappa shape index (κ3) is 5.05. The summed E-state index contributed by atoms with van der Waals surface area (Å²) in [5.74, 6) is 0.487. The molecule has 0 aliphatic heterocycles. The lowest BCUT2D eigenvalue weighted by Crippen LogP contribution is -2.40. The van der Waals surface area contributed by atoms with Gasteiger partial charge < -0.3 is 10.4 Å². The second-order valence-electron chi connectivity index (χ2n) is 8.12. The topological polar surface area (TPSA) is 52.6 Å². The van der Waals surface area contributed by atoms with Crippen molar-refractivity contribution in [3.63, 3.8) is 0 Å². The normalized spacial score (nSPS) is 21.8. The van der Waals surface area contributed by atoms with Crippen LogP contribution in [0.1, 0.15) is 52.0 Å². The molecule has 0 spiro atoms. The molecule has 134 valence electrons. The lowest BCUT2D eigenvalue weighted by molar-refractivity contribution is -0.117. The average Bonchev–Trinajstić information content (AvgIpc) is 2.54. The number of hydrogen-bond acceptors (Lipinski definition) is 3. The SMILES string of the molecule is CN(CC(=O)Nc1ccccc1C(C)(C)C)C1CCC(CO)CC1. The Labute approximate surface area is 146 Å². The fraction of sp³-hybridized carbons (Fsp3) is 0.650. The Balaban J connectivity index is 1.92. The van der Waals surface area contributed by atoms with Gasteiger partial charge in [-0.3, -0.25) is 9.69 Å². The van der Waals surface area contributed by atoms with Gasteiger partial charge in [0.2, 0.25) is 5.91 Å². The first-order valence-electron chi connectivity index (χ1n) is 9.01. The monoisotopic (exact) mass is 332 g/mol. The number of carbonyl (C=O) groups is 1. The zero-order valence-corrected chi connectivity index (χ0v) is 15.5. The van der Waals surface area contributed by atoms with E-state index < -0.39 is 0 Å². The third-order valence-corrected chi connectivity index (χ3v) is 5.10. The summed E-state index contributed by atoms with van der Waals surface area (Å²) in [7, 11) is 2.03. The van der Waals surface area contributed by atoms with Crippen LogP contribution in [0.3, 0.4) is 0 Å². The number of rotatable bonds is 5. The fourth-order valence-corrected chi connectivity index (χ4v) is 3.56. The Bertz CT molecular complexity index is 543. The van der Waals surface area contributed by atoms with Crippen molar-refractivity contribution >= 4 is 11.6 Å². The van der Waals surface area contributed by atoms with Gasteiger partial charge in [0.25, 0.3) is 0 Å². The molecule has 0 radical (unpaired) electrons. The molecule has 0 saturated heterocycles. The van der Waals surface area contributed by atoms with E-state index in [4.69, 9.17) is 0 Å². The lowest BCUT2D eigenvalue weighted by atomic mass is 9.85. The van der Waals surface area contributed by atoms with Crippen LogP contribution in [0.15, 0.2) is 24.3 Å². The molecule has 1 aromatic rings. The van der Waals surface area contributed by atoms with E-state index in [1.807, 2.05) is 25.2 Å². The first-order chi connectivity index (χ1) is 11.3. The zero-order valence-electron chi connectivity index (χ0n) is 15.5. The predicted octanol–water partition coefficient (Wildman–Crippen LogP) is 3.41. The number of nitrogens with zero attached hydrogens (tertiary/aromatic N) is 1. The van der Waals surface area contributed by atoms with Gasteiger partial charge in [-0.25, -0.2) is 0 Å². The van der Waals surface area contributed by atoms with Gasteiger partial charge in [0, 0.05) is 18.3 Å². The van der Waals surface area contributed by atoms with Crippen molar-refractivity contribution < 1.29 is 9.90 Å². The van der Waals surface area contributed by atoms with Crippen LogP contribution in [0.25, 0.3) is 0 Å². The van der Waals surface area contributed by atoms with Crippen LogP contribution >= 0.6 is 0 Å². The fourth-order valence-electron chi connectivity index (χ4n) is 3.56. The highest BCUT2D eigenvalue weighted by molar-refractivity contribution is 5.93. The van der Waals surface area contributed by atoms with Crippen LogP contribution in [0.5, 0.6) is 0 Å². The minimum Gasteiger partial charge on any atom is -0.396 e. The van der Waals surface area contributed by atoms with E-state index in [2.05, 4.69) is 37.1 Å². The molecular formula is C20H32N2O2. The first kappa shape index (κ1) is 18.9. The summed E-state index contributed by atoms with van der Waals surface area (Å²) in [5, 5.41) is 12.3. The number of amides is 1. The predicted molar refractivity (Wildman–Crippen MR) is 99.2 cm³/mol. The molecule has 1 aliphatic carbocycles. The van der Waals surface area contributed by atoms with E-state index in [-0.39, 0.29) is 11.3 Å². The summed E-state index contributed by atoms with van der Waals surface area (Å²) >= 11 is 0. The summed E-state index contributed by atoms with van der Waals surface area (Å²) in [5.41, 5.74) is 2.06. The number of likely N-dealkylation sites (N-methyl/N-ethyl adjacent to an activating group) is 1. The van der Waals surface area contributed by atoms with Crippen molar-refractivity contribution in [3.05, 3.63) is 29.8 Å². The molecule has 2 rings (SSSR count). The number of nitrogens with one attached hydrogen (secondary N) is 1. The molecule has 4 nitrogen and oxygen atoms in total. The molecular weight excluding hydrogens is 300 g/mol. The van der Waals surface area contributed by atoms with E-state index in [9.17, 15) is 9.90 Å². The molecule has 1 amide bonds. The zero-order chi connectivity index (χ0) is 17.7. The van der Waals surface area contributed by atoms with Gasteiger partial charge in [0.1, 0.15) is 0 Å². The van der Waals surface area contributed by atoms with E-state index in [1.54, 1.807) is 0 Å². The largest absolute Gasteiger partial charge is 0.396 e. The number of aliphatic hydroxyl groups is 1. The van der Waals surface area contributed by atoms with E-state index >= 15 is 0 Å². The van der Waals surface area contributed by atoms with Crippen molar-refractivity contribution in [1.82, 2.24) is 4.90 Å². The van der Waals surface area contributed by atoms with Gasteiger partial charge >= 0.3 is 0 Å². The third-order valence-electron chi connectivity index (χ3n) is 5.10. The van der Waals surface area contributed by atoms with Gasteiger partial charge in [-0.15, -0.1) is 0 Å². The van der Waals surface area contributed by atoms with Crippen molar-refractivity contribution in [2.75, 3.05) is 25.5 Å². The quantitative estimate of drug-likeness (QED) is 0.869. The Morgan fingerprint density at radius 2 is 1.83 bits per heavy atom. The Morgan fingerprint density at radius 3 is 2.42 bits per heavy atom. The Morgan fingerprint density at radius 1 is 1.21 bits per heavy atom. The highest BCUT2D eigenvalue weighted by Gasteiger charge is 2.25. The molecule has 1 aliphatic rings. The molecule has 0 aromatic heterocycles. The van der Waals surface area contributed by atoms with Gasteiger partial charge in [-0.05, 0) is 55.7 Å². The van der Waals surface area contributed by atoms with Crippen molar-refractivity contribution in [3.8, 4) is 0 Å². The maximum Gasteiger partial charge on any atom is 0.238 e. The highest BCUT2D eigenvalue weighted by Crippen LogP contribution is 2.29. The van der Waals surface area contributed by atoms with E-state index in [0.29, 0.717) is 25.1 Å². The molecule has 24 heavy (non-hydrogen) atoms. The molecule has 1 saturated carbocycles. The molecule has 0 bridgehead atoms. The van der Waals surface area contributed by atoms with Crippen LogP contribution < -0.4 is 5.32 Å². The molecule has 0 unspecified atom stereocenters. The summed E-state index contributed by atoms with van der Waals surface area (Å²) in [4.78, 5) is 14.6. The van der Waals surface area contributed by atoms with Gasteiger partial charge in [-0.1, -0.05) is 39.0 Å². The van der Waals surface area contributed by atoms with Gasteiger partial charge in [-0.2, -0.15) is 0 Å². The maximum absolute atomic E-state index is 12.5. The highest BCUT2D eigenvalue weighted by atomic mass is 16.3. The molecule has 0 heterocycles. The van der Waals surface area contributed by atoms with Crippen LogP contribution in [0.2, 0.25) is 0 Å². The standard InChI is InChI=1S/C20H32N2O2/c1-20(2,3)17-7-5-6-8-18(17)21-19(24)13-22(4)16-11-9-15(14-23)10-12-16/h5-8,15-16,23H,9-14H2,1-4H3,(H,21,24).